The van der Waals surface area contributed by atoms with E-state index in [0.717, 1.165) is 25.7 Å². The molecule has 4 aliphatic rings. The molecule has 4 atom stereocenters. The number of carbonyl (C=O) groups excluding carboxylic acids is 4. The molecule has 1 saturated heterocycles. The fourth-order valence-electron chi connectivity index (χ4n) is 5.93. The maximum Gasteiger partial charge on any atom is 0.270 e. The molecule has 1 aromatic carbocycles. The van der Waals surface area contributed by atoms with Crippen LogP contribution in [0.3, 0.4) is 0 Å². The normalized spacial score (nSPS) is 23.8. The fourth-order valence-corrected chi connectivity index (χ4v) is 5.93. The second-order valence-electron chi connectivity index (χ2n) is 12.1. The standard InChI is InChI=1S/C31H33FN6O5/c1-37(28(40)24(13-18-4-5-18)35-26(39)20-8-10-21(32)11-9-20)25(14-19-6-7-19)29(41)38-17-31(15-22(38)16-33)30(42)36-23-3-2-12-34-27(23)43-31/h2-3,8-12,18-19,22,24-25H,4-7,13-15,17H2,1H3,(H,35,39)(H,36,42). The summed E-state index contributed by atoms with van der Waals surface area (Å²) in [5, 5.41) is 15.6. The lowest BCUT2D eigenvalue weighted by molar-refractivity contribution is -0.147. The average molecular weight is 589 g/mol. The summed E-state index contributed by atoms with van der Waals surface area (Å²) in [6.07, 6.45) is 6.08. The lowest BCUT2D eigenvalue weighted by atomic mass is 9.97. The first kappa shape index (κ1) is 28.6. The van der Waals surface area contributed by atoms with Crippen molar-refractivity contribution in [1.29, 1.82) is 5.26 Å². The number of halogens is 1. The molecule has 1 aromatic heterocycles. The van der Waals surface area contributed by atoms with Crippen LogP contribution in [0.2, 0.25) is 0 Å². The summed E-state index contributed by atoms with van der Waals surface area (Å²) in [6.45, 7) is -0.165. The van der Waals surface area contributed by atoms with Crippen LogP contribution in [0, 0.1) is 29.0 Å². The first-order valence-corrected chi connectivity index (χ1v) is 14.7. The number of pyridine rings is 1. The molecule has 1 spiro atoms. The Hall–Kier alpha value is -4.53. The van der Waals surface area contributed by atoms with Crippen LogP contribution < -0.4 is 15.4 Å². The predicted molar refractivity (Wildman–Crippen MR) is 151 cm³/mol. The Bertz CT molecular complexity index is 1490. The highest BCUT2D eigenvalue weighted by Crippen LogP contribution is 2.41. The second-order valence-corrected chi connectivity index (χ2v) is 12.1. The maximum absolute atomic E-state index is 14.2. The molecule has 11 nitrogen and oxygen atoms in total. The number of rotatable bonds is 9. The van der Waals surface area contributed by atoms with Gasteiger partial charge in [-0.05, 0) is 61.1 Å². The molecule has 2 saturated carbocycles. The predicted octanol–water partition coefficient (Wildman–Crippen LogP) is 2.64. The molecule has 4 unspecified atom stereocenters. The number of likely N-dealkylation sites (N-methyl/N-ethyl adjacent to an activating group) is 1. The van der Waals surface area contributed by atoms with E-state index in [9.17, 15) is 28.8 Å². The lowest BCUT2D eigenvalue weighted by Crippen LogP contribution is -2.57. The monoisotopic (exact) mass is 588 g/mol. The molecule has 43 heavy (non-hydrogen) atoms. The van der Waals surface area contributed by atoms with Gasteiger partial charge in [0, 0.05) is 25.2 Å². The number of fused-ring (bicyclic) bond motifs is 1. The first-order chi connectivity index (χ1) is 20.7. The van der Waals surface area contributed by atoms with Gasteiger partial charge < -0.3 is 25.2 Å². The molecule has 2 N–H and O–H groups in total. The third-order valence-corrected chi connectivity index (χ3v) is 8.81. The molecule has 0 bridgehead atoms. The minimum Gasteiger partial charge on any atom is -0.457 e. The van der Waals surface area contributed by atoms with Crippen molar-refractivity contribution in [1.82, 2.24) is 20.1 Å². The van der Waals surface area contributed by atoms with Crippen LogP contribution in [-0.2, 0) is 14.4 Å². The minimum atomic E-state index is -1.48. The van der Waals surface area contributed by atoms with Crippen molar-refractivity contribution in [2.24, 2.45) is 11.8 Å². The van der Waals surface area contributed by atoms with Crippen molar-refractivity contribution < 1.29 is 28.3 Å². The van der Waals surface area contributed by atoms with Crippen LogP contribution in [0.15, 0.2) is 42.6 Å². The van der Waals surface area contributed by atoms with Gasteiger partial charge in [-0.3, -0.25) is 19.2 Å². The van der Waals surface area contributed by atoms with Gasteiger partial charge in [0.25, 0.3) is 11.8 Å². The number of amides is 4. The van der Waals surface area contributed by atoms with Crippen LogP contribution in [0.4, 0.5) is 10.1 Å². The van der Waals surface area contributed by atoms with Gasteiger partial charge in [-0.25, -0.2) is 9.37 Å². The fraction of sp³-hybridized carbons (Fsp3) is 0.484. The SMILES string of the molecule is CN(C(=O)C(CC1CC1)NC(=O)c1ccc(F)cc1)C(CC1CC1)C(=O)N1CC2(CC1C#N)Oc1ncccc1NC2=O. The van der Waals surface area contributed by atoms with Crippen LogP contribution in [0.1, 0.15) is 55.3 Å². The molecule has 224 valence electrons. The van der Waals surface area contributed by atoms with E-state index in [2.05, 4.69) is 21.7 Å². The van der Waals surface area contributed by atoms with Crippen LogP contribution in [0.25, 0.3) is 0 Å². The van der Waals surface area contributed by atoms with Gasteiger partial charge in [0.2, 0.25) is 23.3 Å². The number of aromatic nitrogens is 1. The van der Waals surface area contributed by atoms with Crippen LogP contribution in [0.5, 0.6) is 5.88 Å². The maximum atomic E-state index is 14.2. The molecular weight excluding hydrogens is 555 g/mol. The van der Waals surface area contributed by atoms with Gasteiger partial charge in [0.15, 0.2) is 0 Å². The van der Waals surface area contributed by atoms with E-state index in [1.165, 1.54) is 40.3 Å². The average Bonchev–Trinajstić information content (AvgIpc) is 3.95. The number of benzene rings is 1. The highest BCUT2D eigenvalue weighted by molar-refractivity contribution is 6.02. The smallest absolute Gasteiger partial charge is 0.270 e. The highest BCUT2D eigenvalue weighted by Gasteiger charge is 2.57. The molecule has 3 fully saturated rings. The summed E-state index contributed by atoms with van der Waals surface area (Å²) in [7, 11) is 1.55. The highest BCUT2D eigenvalue weighted by atomic mass is 19.1. The number of nitrogens with zero attached hydrogens (tertiary/aromatic N) is 4. The van der Waals surface area contributed by atoms with E-state index in [1.54, 1.807) is 19.2 Å². The molecular formula is C31H33FN6O5. The van der Waals surface area contributed by atoms with Crippen LogP contribution >= 0.6 is 0 Å². The lowest BCUT2D eigenvalue weighted by Gasteiger charge is -2.35. The second kappa shape index (κ2) is 11.3. The van der Waals surface area contributed by atoms with Crippen molar-refractivity contribution >= 4 is 29.3 Å². The third-order valence-electron chi connectivity index (χ3n) is 8.81. The van der Waals surface area contributed by atoms with E-state index in [1.807, 2.05) is 0 Å². The van der Waals surface area contributed by atoms with E-state index in [0.29, 0.717) is 18.5 Å². The Kier molecular flexibility index (Phi) is 7.50. The molecule has 0 radical (unpaired) electrons. The molecule has 2 aromatic rings. The molecule has 2 aliphatic carbocycles. The van der Waals surface area contributed by atoms with Gasteiger partial charge in [-0.15, -0.1) is 0 Å². The van der Waals surface area contributed by atoms with Crippen molar-refractivity contribution in [3.05, 3.63) is 54.0 Å². The number of nitrogens with one attached hydrogen (secondary N) is 2. The Morgan fingerprint density at radius 2 is 1.88 bits per heavy atom. The first-order valence-electron chi connectivity index (χ1n) is 14.7. The molecule has 3 heterocycles. The largest absolute Gasteiger partial charge is 0.457 e. The molecule has 6 rings (SSSR count). The zero-order chi connectivity index (χ0) is 30.3. The summed E-state index contributed by atoms with van der Waals surface area (Å²) < 4.78 is 19.5. The summed E-state index contributed by atoms with van der Waals surface area (Å²) in [5.74, 6) is -1.53. The number of hydrogen-bond donors (Lipinski definition) is 2. The molecule has 2 aliphatic heterocycles. The number of ether oxygens (including phenoxy) is 1. The van der Waals surface area contributed by atoms with Gasteiger partial charge in [-0.1, -0.05) is 25.7 Å². The van der Waals surface area contributed by atoms with Crippen molar-refractivity contribution in [2.75, 3.05) is 18.9 Å². The molecule has 12 heteroatoms. The Morgan fingerprint density at radius 3 is 2.56 bits per heavy atom. The Labute approximate surface area is 248 Å². The quantitative estimate of drug-likeness (QED) is 0.458. The van der Waals surface area contributed by atoms with Gasteiger partial charge in [0.1, 0.15) is 29.6 Å². The zero-order valence-corrected chi connectivity index (χ0v) is 23.8. The molecule has 4 amide bonds. The zero-order valence-electron chi connectivity index (χ0n) is 23.8. The van der Waals surface area contributed by atoms with E-state index in [-0.39, 0.29) is 36.2 Å². The van der Waals surface area contributed by atoms with E-state index in [4.69, 9.17) is 4.74 Å². The Balaban J connectivity index is 1.22. The van der Waals surface area contributed by atoms with Crippen molar-refractivity contribution in [3.8, 4) is 11.9 Å². The van der Waals surface area contributed by atoms with Gasteiger partial charge in [-0.2, -0.15) is 5.26 Å². The van der Waals surface area contributed by atoms with Gasteiger partial charge >= 0.3 is 0 Å². The van der Waals surface area contributed by atoms with Crippen molar-refractivity contribution in [3.63, 3.8) is 0 Å². The number of likely N-dealkylation sites (tertiary alicyclic amines) is 1. The minimum absolute atomic E-state index is 0.0388. The number of hydrogen-bond acceptors (Lipinski definition) is 7. The van der Waals surface area contributed by atoms with Crippen molar-refractivity contribution in [2.45, 2.75) is 68.7 Å². The summed E-state index contributed by atoms with van der Waals surface area (Å²) in [5.41, 5.74) is -0.844. The van der Waals surface area contributed by atoms with E-state index < -0.39 is 53.2 Å². The van der Waals surface area contributed by atoms with Crippen LogP contribution in [-0.4, -0.2) is 75.7 Å². The number of anilines is 1. The van der Waals surface area contributed by atoms with Gasteiger partial charge in [0.05, 0.1) is 12.6 Å². The number of carbonyl (C=O) groups is 4. The number of nitriles is 1. The summed E-state index contributed by atoms with van der Waals surface area (Å²) in [4.78, 5) is 61.3. The summed E-state index contributed by atoms with van der Waals surface area (Å²) in [6, 6.07) is 7.82. The third kappa shape index (κ3) is 5.89. The summed E-state index contributed by atoms with van der Waals surface area (Å²) >= 11 is 0. The Morgan fingerprint density at radius 1 is 1.19 bits per heavy atom. The topological polar surface area (TPSA) is 145 Å². The van der Waals surface area contributed by atoms with E-state index >= 15 is 0 Å².